The van der Waals surface area contributed by atoms with E-state index in [4.69, 9.17) is 0 Å². The van der Waals surface area contributed by atoms with Crippen molar-refractivity contribution in [2.75, 3.05) is 27.7 Å². The molecular weight excluding hydrogens is 240 g/mol. The molecule has 0 N–H and O–H groups in total. The van der Waals surface area contributed by atoms with E-state index >= 15 is 0 Å². The summed E-state index contributed by atoms with van der Waals surface area (Å²) in [5, 5.41) is 12.3. The summed E-state index contributed by atoms with van der Waals surface area (Å²) in [5.41, 5.74) is 0. The minimum Gasteiger partial charge on any atom is -0.792 e. The van der Waals surface area contributed by atoms with E-state index in [0.717, 1.165) is 23.5 Å². The van der Waals surface area contributed by atoms with Crippen molar-refractivity contribution in [1.29, 1.82) is 0 Å². The SMILES string of the molecule is C[N+](C)(C)CCCCCCCCCCC(=O)/C=N/[O-]. The van der Waals surface area contributed by atoms with Crippen molar-refractivity contribution in [1.82, 2.24) is 0 Å². The largest absolute Gasteiger partial charge is 0.792 e. The van der Waals surface area contributed by atoms with Crippen LogP contribution in [-0.4, -0.2) is 44.2 Å². The standard InChI is InChI=1S/C15H30N2O2/c1-17(2,3)13-11-9-7-5-4-6-8-10-12-15(18)14-16-19/h14H,4-13H2,1-3H3. The van der Waals surface area contributed by atoms with Crippen LogP contribution >= 0.6 is 0 Å². The molecule has 0 aromatic rings. The molecule has 0 aromatic carbocycles. The van der Waals surface area contributed by atoms with Gasteiger partial charge < -0.3 is 14.8 Å². The van der Waals surface area contributed by atoms with Crippen LogP contribution in [0, 0.1) is 5.21 Å². The normalized spacial score (nSPS) is 12.2. The van der Waals surface area contributed by atoms with Gasteiger partial charge in [0.1, 0.15) is 0 Å². The number of quaternary nitrogens is 1. The average Bonchev–Trinajstić information content (AvgIpc) is 2.30. The van der Waals surface area contributed by atoms with E-state index in [1.165, 1.54) is 45.1 Å². The molecule has 0 heterocycles. The molecular formula is C15H30N2O2. The molecule has 0 aliphatic carbocycles. The van der Waals surface area contributed by atoms with Crippen LogP contribution in [0.2, 0.25) is 0 Å². The van der Waals surface area contributed by atoms with Gasteiger partial charge in [-0.3, -0.25) is 4.79 Å². The predicted molar refractivity (Wildman–Crippen MR) is 81.3 cm³/mol. The van der Waals surface area contributed by atoms with Crippen molar-refractivity contribution < 1.29 is 9.28 Å². The zero-order valence-electron chi connectivity index (χ0n) is 12.9. The third-order valence-electron chi connectivity index (χ3n) is 3.20. The van der Waals surface area contributed by atoms with Crippen LogP contribution in [-0.2, 0) is 4.79 Å². The van der Waals surface area contributed by atoms with Crippen LogP contribution < -0.4 is 0 Å². The number of carbonyl (C=O) groups is 1. The van der Waals surface area contributed by atoms with E-state index in [1.54, 1.807) is 0 Å². The molecule has 112 valence electrons. The molecule has 4 nitrogen and oxygen atoms in total. The Kier molecular flexibility index (Phi) is 10.5. The molecule has 0 fully saturated rings. The van der Waals surface area contributed by atoms with Crippen molar-refractivity contribution in [3.63, 3.8) is 0 Å². The molecule has 0 spiro atoms. The molecule has 0 aromatic heterocycles. The Morgan fingerprint density at radius 2 is 1.42 bits per heavy atom. The lowest BCUT2D eigenvalue weighted by Gasteiger charge is -2.23. The minimum atomic E-state index is -0.143. The average molecular weight is 270 g/mol. The lowest BCUT2D eigenvalue weighted by atomic mass is 10.1. The topological polar surface area (TPSA) is 52.5 Å². The van der Waals surface area contributed by atoms with Crippen LogP contribution in [0.15, 0.2) is 5.16 Å². The van der Waals surface area contributed by atoms with Crippen LogP contribution in [0.3, 0.4) is 0 Å². The first-order valence-corrected chi connectivity index (χ1v) is 7.44. The Labute approximate surface area is 118 Å². The Morgan fingerprint density at radius 3 is 1.89 bits per heavy atom. The zero-order valence-corrected chi connectivity index (χ0v) is 12.9. The first-order valence-electron chi connectivity index (χ1n) is 7.44. The van der Waals surface area contributed by atoms with E-state index in [9.17, 15) is 10.0 Å². The first kappa shape index (κ1) is 18.1. The molecule has 0 atom stereocenters. The van der Waals surface area contributed by atoms with Crippen LogP contribution in [0.1, 0.15) is 57.8 Å². The predicted octanol–water partition coefficient (Wildman–Crippen LogP) is 3.34. The third-order valence-corrected chi connectivity index (χ3v) is 3.20. The summed E-state index contributed by atoms with van der Waals surface area (Å²) < 4.78 is 1.06. The highest BCUT2D eigenvalue weighted by atomic mass is 16.4. The molecule has 0 saturated heterocycles. The summed E-state index contributed by atoms with van der Waals surface area (Å²) in [6.45, 7) is 1.25. The highest BCUT2D eigenvalue weighted by Gasteiger charge is 2.04. The smallest absolute Gasteiger partial charge is 0.173 e. The van der Waals surface area contributed by atoms with E-state index in [2.05, 4.69) is 26.3 Å². The number of hydrogen-bond acceptors (Lipinski definition) is 3. The van der Waals surface area contributed by atoms with Gasteiger partial charge in [-0.25, -0.2) is 0 Å². The summed E-state index contributed by atoms with van der Waals surface area (Å²) in [6.07, 6.45) is 11.0. The highest BCUT2D eigenvalue weighted by molar-refractivity contribution is 6.27. The molecule has 0 amide bonds. The van der Waals surface area contributed by atoms with Gasteiger partial charge in [0.05, 0.1) is 33.9 Å². The van der Waals surface area contributed by atoms with Crippen LogP contribution in [0.4, 0.5) is 0 Å². The number of unbranched alkanes of at least 4 members (excludes halogenated alkanes) is 7. The van der Waals surface area contributed by atoms with E-state index < -0.39 is 0 Å². The van der Waals surface area contributed by atoms with Gasteiger partial charge in [-0.15, -0.1) is 0 Å². The number of rotatable bonds is 12. The quantitative estimate of drug-likeness (QED) is 0.236. The van der Waals surface area contributed by atoms with E-state index in [1.807, 2.05) is 0 Å². The summed E-state index contributed by atoms with van der Waals surface area (Å²) in [7, 11) is 6.70. The van der Waals surface area contributed by atoms with Gasteiger partial charge in [0.15, 0.2) is 5.78 Å². The number of ketones is 1. The second-order valence-electron chi connectivity index (χ2n) is 6.29. The van der Waals surface area contributed by atoms with Gasteiger partial charge in [-0.1, -0.05) is 32.1 Å². The van der Waals surface area contributed by atoms with E-state index in [-0.39, 0.29) is 5.78 Å². The summed E-state index contributed by atoms with van der Waals surface area (Å²) in [5.74, 6) is -0.143. The number of carbonyl (C=O) groups excluding carboxylic acids is 1. The summed E-state index contributed by atoms with van der Waals surface area (Å²) >= 11 is 0. The monoisotopic (exact) mass is 270 g/mol. The molecule has 4 heteroatoms. The fourth-order valence-corrected chi connectivity index (χ4v) is 2.07. The molecule has 0 bridgehead atoms. The van der Waals surface area contributed by atoms with Gasteiger partial charge in [0.25, 0.3) is 0 Å². The van der Waals surface area contributed by atoms with Gasteiger partial charge in [0.2, 0.25) is 0 Å². The Balaban J connectivity index is 3.17. The third kappa shape index (κ3) is 15.0. The minimum absolute atomic E-state index is 0.143. The van der Waals surface area contributed by atoms with Gasteiger partial charge in [0, 0.05) is 6.42 Å². The summed E-state index contributed by atoms with van der Waals surface area (Å²) in [4.78, 5) is 11.0. The maximum absolute atomic E-state index is 11.0. The molecule has 19 heavy (non-hydrogen) atoms. The zero-order chi connectivity index (χ0) is 14.6. The Morgan fingerprint density at radius 1 is 0.947 bits per heavy atom. The van der Waals surface area contributed by atoms with Crippen LogP contribution in [0.25, 0.3) is 0 Å². The Hall–Kier alpha value is -0.900. The van der Waals surface area contributed by atoms with Gasteiger partial charge in [-0.05, 0) is 19.3 Å². The maximum Gasteiger partial charge on any atom is 0.173 e. The molecule has 0 radical (unpaired) electrons. The van der Waals surface area contributed by atoms with Gasteiger partial charge in [-0.2, -0.15) is 0 Å². The molecule has 0 unspecified atom stereocenters. The fourth-order valence-electron chi connectivity index (χ4n) is 2.07. The molecule has 0 aliphatic rings. The summed E-state index contributed by atoms with van der Waals surface area (Å²) in [6, 6.07) is 0. The fraction of sp³-hybridized carbons (Fsp3) is 0.867. The van der Waals surface area contributed by atoms with Crippen molar-refractivity contribution >= 4 is 12.0 Å². The van der Waals surface area contributed by atoms with Crippen molar-refractivity contribution in [2.45, 2.75) is 57.8 Å². The van der Waals surface area contributed by atoms with E-state index in [0.29, 0.717) is 6.42 Å². The van der Waals surface area contributed by atoms with Crippen molar-refractivity contribution in [3.05, 3.63) is 5.21 Å². The lowest BCUT2D eigenvalue weighted by molar-refractivity contribution is -0.870. The maximum atomic E-state index is 11.0. The molecule has 0 aliphatic heterocycles. The second-order valence-corrected chi connectivity index (χ2v) is 6.29. The second kappa shape index (κ2) is 11.0. The highest BCUT2D eigenvalue weighted by Crippen LogP contribution is 2.10. The molecule has 0 saturated carbocycles. The van der Waals surface area contributed by atoms with Crippen molar-refractivity contribution in [3.8, 4) is 0 Å². The number of nitrogens with zero attached hydrogens (tertiary/aromatic N) is 2. The molecule has 0 rings (SSSR count). The number of hydrogen-bond donors (Lipinski definition) is 0. The lowest BCUT2D eigenvalue weighted by Crippen LogP contribution is -2.35. The number of Topliss-reactive ketones (excluding diaryl/α,β-unsaturated/α-hetero) is 1. The van der Waals surface area contributed by atoms with Crippen molar-refractivity contribution in [2.24, 2.45) is 5.16 Å². The Bertz CT molecular complexity index is 257. The van der Waals surface area contributed by atoms with Crippen LogP contribution in [0.5, 0.6) is 0 Å². The van der Waals surface area contributed by atoms with Gasteiger partial charge >= 0.3 is 0 Å². The first-order chi connectivity index (χ1) is 8.95.